The van der Waals surface area contributed by atoms with Crippen molar-refractivity contribution in [3.05, 3.63) is 60.6 Å². The molecule has 3 heterocycles. The number of H-pyrrole nitrogens is 1. The van der Waals surface area contributed by atoms with Crippen LogP contribution in [0.3, 0.4) is 0 Å². The van der Waals surface area contributed by atoms with Crippen LogP contribution in [0.1, 0.15) is 5.69 Å². The summed E-state index contributed by atoms with van der Waals surface area (Å²) in [7, 11) is 0. The van der Waals surface area contributed by atoms with E-state index in [9.17, 15) is 17.6 Å². The maximum absolute atomic E-state index is 13.3. The maximum Gasteiger partial charge on any atom is 0.435 e. The van der Waals surface area contributed by atoms with Crippen molar-refractivity contribution >= 4 is 17.2 Å². The molecule has 4 rings (SSSR count). The fourth-order valence-corrected chi connectivity index (χ4v) is 2.56. The van der Waals surface area contributed by atoms with Crippen LogP contribution in [-0.2, 0) is 6.18 Å². The Morgan fingerprint density at radius 2 is 2.08 bits per heavy atom. The fraction of sp³-hybridized carbons (Fsp3) is 0.0625. The van der Waals surface area contributed by atoms with Gasteiger partial charge in [-0.05, 0) is 18.2 Å². The first-order chi connectivity index (χ1) is 12.4. The van der Waals surface area contributed by atoms with E-state index in [2.05, 4.69) is 31.5 Å². The van der Waals surface area contributed by atoms with Gasteiger partial charge >= 0.3 is 6.18 Å². The summed E-state index contributed by atoms with van der Waals surface area (Å²) >= 11 is 0. The van der Waals surface area contributed by atoms with Gasteiger partial charge in [-0.1, -0.05) is 0 Å². The SMILES string of the molecule is Fc1[c]ccc(Nc2nccn3c(-c4c[nH]nc4C(F)(F)F)cnc23)c1. The van der Waals surface area contributed by atoms with Gasteiger partial charge in [-0.25, -0.2) is 14.4 Å². The second kappa shape index (κ2) is 5.83. The van der Waals surface area contributed by atoms with E-state index < -0.39 is 17.7 Å². The highest BCUT2D eigenvalue weighted by Gasteiger charge is 2.37. The van der Waals surface area contributed by atoms with Crippen LogP contribution in [-0.4, -0.2) is 24.6 Å². The lowest BCUT2D eigenvalue weighted by atomic mass is 10.2. The second-order valence-electron chi connectivity index (χ2n) is 5.31. The number of imidazole rings is 1. The molecule has 0 saturated carbocycles. The van der Waals surface area contributed by atoms with Gasteiger partial charge in [-0.2, -0.15) is 18.3 Å². The summed E-state index contributed by atoms with van der Waals surface area (Å²) in [5, 5.41) is 8.40. The molecule has 0 atom stereocenters. The van der Waals surface area contributed by atoms with E-state index in [-0.39, 0.29) is 22.7 Å². The Bertz CT molecular complexity index is 1080. The summed E-state index contributed by atoms with van der Waals surface area (Å²) in [5.41, 5.74) is -0.288. The lowest BCUT2D eigenvalue weighted by Crippen LogP contribution is -2.08. The van der Waals surface area contributed by atoms with Gasteiger partial charge in [-0.15, -0.1) is 0 Å². The average Bonchev–Trinajstić information content (AvgIpc) is 3.21. The summed E-state index contributed by atoms with van der Waals surface area (Å²) in [6.07, 6.45) is 0.726. The molecule has 1 aromatic carbocycles. The van der Waals surface area contributed by atoms with Gasteiger partial charge in [0.1, 0.15) is 5.82 Å². The standard InChI is InChI=1S/C16H9F4N6/c17-9-2-1-3-10(6-9)24-14-15-22-8-12(26(15)5-4-21-14)11-7-23-25-13(11)16(18,19)20/h1,3-8H,(H,21,24)(H,23,25). The van der Waals surface area contributed by atoms with Crippen LogP contribution in [0, 0.1) is 11.9 Å². The molecule has 131 valence electrons. The summed E-state index contributed by atoms with van der Waals surface area (Å²) < 4.78 is 54.0. The van der Waals surface area contributed by atoms with Gasteiger partial charge < -0.3 is 5.32 Å². The van der Waals surface area contributed by atoms with Crippen molar-refractivity contribution in [2.45, 2.75) is 6.18 Å². The van der Waals surface area contributed by atoms with Gasteiger partial charge in [0.2, 0.25) is 0 Å². The molecule has 10 heteroatoms. The minimum atomic E-state index is -4.61. The van der Waals surface area contributed by atoms with Gasteiger partial charge in [0.05, 0.1) is 17.5 Å². The highest BCUT2D eigenvalue weighted by molar-refractivity contribution is 5.74. The smallest absolute Gasteiger partial charge is 0.337 e. The predicted octanol–water partition coefficient (Wildman–Crippen LogP) is 3.82. The number of nitrogens with zero attached hydrogens (tertiary/aromatic N) is 4. The maximum atomic E-state index is 13.3. The number of halogens is 4. The Hall–Kier alpha value is -3.43. The molecule has 0 aliphatic rings. The first-order valence-electron chi connectivity index (χ1n) is 7.31. The second-order valence-corrected chi connectivity index (χ2v) is 5.31. The monoisotopic (exact) mass is 361 g/mol. The molecule has 0 amide bonds. The van der Waals surface area contributed by atoms with Gasteiger partial charge in [0.25, 0.3) is 0 Å². The van der Waals surface area contributed by atoms with Gasteiger partial charge in [-0.3, -0.25) is 9.50 Å². The molecule has 0 aliphatic heterocycles. The number of benzene rings is 1. The molecule has 1 radical (unpaired) electrons. The Morgan fingerprint density at radius 3 is 2.85 bits per heavy atom. The molecule has 0 fully saturated rings. The van der Waals surface area contributed by atoms with Crippen LogP contribution in [0.4, 0.5) is 29.1 Å². The minimum absolute atomic E-state index is 0.137. The molecule has 0 bridgehead atoms. The zero-order chi connectivity index (χ0) is 18.3. The first kappa shape index (κ1) is 16.1. The molecular weight excluding hydrogens is 352 g/mol. The summed E-state index contributed by atoms with van der Waals surface area (Å²) in [5.74, 6) is -0.291. The molecule has 0 aliphatic carbocycles. The number of alkyl halides is 3. The zero-order valence-corrected chi connectivity index (χ0v) is 12.8. The number of nitrogens with one attached hydrogen (secondary N) is 2. The van der Waals surface area contributed by atoms with Crippen molar-refractivity contribution in [3.8, 4) is 11.3 Å². The number of aromatic amines is 1. The van der Waals surface area contributed by atoms with E-state index in [0.29, 0.717) is 5.69 Å². The zero-order valence-electron chi connectivity index (χ0n) is 12.8. The van der Waals surface area contributed by atoms with E-state index in [0.717, 1.165) is 6.20 Å². The Morgan fingerprint density at radius 1 is 1.23 bits per heavy atom. The summed E-state index contributed by atoms with van der Waals surface area (Å²) in [6.45, 7) is 0. The summed E-state index contributed by atoms with van der Waals surface area (Å²) in [4.78, 5) is 8.27. The number of hydrogen-bond donors (Lipinski definition) is 2. The molecule has 6 nitrogen and oxygen atoms in total. The van der Waals surface area contributed by atoms with E-state index in [1.54, 1.807) is 6.07 Å². The number of aromatic nitrogens is 5. The van der Waals surface area contributed by atoms with Crippen LogP contribution in [0.15, 0.2) is 43.0 Å². The number of fused-ring (bicyclic) bond motifs is 1. The van der Waals surface area contributed by atoms with E-state index in [4.69, 9.17) is 0 Å². The van der Waals surface area contributed by atoms with Crippen molar-refractivity contribution in [2.75, 3.05) is 5.32 Å². The molecular formula is C16H9F4N6. The third kappa shape index (κ3) is 2.75. The normalized spacial score (nSPS) is 11.8. The van der Waals surface area contributed by atoms with Crippen LogP contribution in [0.25, 0.3) is 16.9 Å². The van der Waals surface area contributed by atoms with Crippen molar-refractivity contribution < 1.29 is 17.6 Å². The number of anilines is 2. The van der Waals surface area contributed by atoms with E-state index in [1.165, 1.54) is 35.1 Å². The topological polar surface area (TPSA) is 70.9 Å². The minimum Gasteiger partial charge on any atom is -0.337 e. The third-order valence-corrected chi connectivity index (χ3v) is 3.64. The fourth-order valence-electron chi connectivity index (χ4n) is 2.56. The molecule has 2 N–H and O–H groups in total. The van der Waals surface area contributed by atoms with E-state index in [1.807, 2.05) is 0 Å². The van der Waals surface area contributed by atoms with Crippen molar-refractivity contribution in [1.82, 2.24) is 24.6 Å². The van der Waals surface area contributed by atoms with Crippen LogP contribution in [0.5, 0.6) is 0 Å². The Balaban J connectivity index is 1.80. The van der Waals surface area contributed by atoms with E-state index >= 15 is 0 Å². The predicted molar refractivity (Wildman–Crippen MR) is 84.1 cm³/mol. The molecule has 0 unspecified atom stereocenters. The largest absolute Gasteiger partial charge is 0.435 e. The Kier molecular flexibility index (Phi) is 3.60. The quantitative estimate of drug-likeness (QED) is 0.544. The average molecular weight is 361 g/mol. The number of hydrogen-bond acceptors (Lipinski definition) is 4. The van der Waals surface area contributed by atoms with Gasteiger partial charge in [0.15, 0.2) is 17.2 Å². The van der Waals surface area contributed by atoms with Crippen molar-refractivity contribution in [1.29, 1.82) is 0 Å². The lowest BCUT2D eigenvalue weighted by Gasteiger charge is -2.08. The molecule has 3 aromatic heterocycles. The lowest BCUT2D eigenvalue weighted by molar-refractivity contribution is -0.140. The highest BCUT2D eigenvalue weighted by atomic mass is 19.4. The molecule has 0 saturated heterocycles. The van der Waals surface area contributed by atoms with Crippen molar-refractivity contribution in [2.24, 2.45) is 0 Å². The van der Waals surface area contributed by atoms with Crippen LogP contribution >= 0.6 is 0 Å². The molecule has 4 aromatic rings. The Labute approximate surface area is 143 Å². The number of rotatable bonds is 3. The third-order valence-electron chi connectivity index (χ3n) is 3.64. The molecule has 26 heavy (non-hydrogen) atoms. The molecule has 0 spiro atoms. The van der Waals surface area contributed by atoms with Crippen molar-refractivity contribution in [3.63, 3.8) is 0 Å². The van der Waals surface area contributed by atoms with Gasteiger partial charge in [0, 0.05) is 30.3 Å². The highest BCUT2D eigenvalue weighted by Crippen LogP contribution is 2.36. The van der Waals surface area contributed by atoms with Crippen LogP contribution in [0.2, 0.25) is 0 Å². The first-order valence-corrected chi connectivity index (χ1v) is 7.31. The summed E-state index contributed by atoms with van der Waals surface area (Å²) in [6, 6.07) is 6.57. The van der Waals surface area contributed by atoms with Crippen LogP contribution < -0.4 is 5.32 Å².